The lowest BCUT2D eigenvalue weighted by atomic mass is 9.84. The van der Waals surface area contributed by atoms with Crippen LogP contribution < -0.4 is 5.32 Å². The van der Waals surface area contributed by atoms with Gasteiger partial charge in [0.25, 0.3) is 0 Å². The predicted octanol–water partition coefficient (Wildman–Crippen LogP) is 3.25. The summed E-state index contributed by atoms with van der Waals surface area (Å²) in [6.45, 7) is 3.01. The summed E-state index contributed by atoms with van der Waals surface area (Å²) in [6.07, 6.45) is 0.312. The molecule has 3 unspecified atom stereocenters. The quantitative estimate of drug-likeness (QED) is 0.660. The number of hydrogen-bond acceptors (Lipinski definition) is 5. The van der Waals surface area contributed by atoms with E-state index in [0.717, 1.165) is 22.3 Å². The Morgan fingerprint density at radius 2 is 1.74 bits per heavy atom. The fraction of sp³-hybridized carbons (Fsp3) is 0.444. The van der Waals surface area contributed by atoms with Gasteiger partial charge in [-0.1, -0.05) is 55.5 Å². The summed E-state index contributed by atoms with van der Waals surface area (Å²) in [5.74, 6) is -1.65. The van der Waals surface area contributed by atoms with E-state index in [4.69, 9.17) is 9.47 Å². The SMILES string of the molecule is CCC1(C(=O)O)CCN(C(=O)C2COCC2NC(=O)OCC2c3ccccc3-c3ccccc32)C1. The van der Waals surface area contributed by atoms with E-state index in [1.54, 1.807) is 4.90 Å². The summed E-state index contributed by atoms with van der Waals surface area (Å²) in [6, 6.07) is 15.7. The van der Waals surface area contributed by atoms with Crippen LogP contribution in [0.4, 0.5) is 4.79 Å². The zero-order valence-electron chi connectivity index (χ0n) is 19.7. The number of nitrogens with zero attached hydrogens (tertiary/aromatic N) is 1. The third-order valence-electron chi connectivity index (χ3n) is 7.84. The number of nitrogens with one attached hydrogen (secondary N) is 1. The minimum Gasteiger partial charge on any atom is -0.481 e. The van der Waals surface area contributed by atoms with Gasteiger partial charge in [-0.15, -0.1) is 0 Å². The highest BCUT2D eigenvalue weighted by atomic mass is 16.5. The Balaban J connectivity index is 1.21. The number of fused-ring (bicyclic) bond motifs is 3. The van der Waals surface area contributed by atoms with Crippen LogP contribution in [-0.2, 0) is 19.1 Å². The van der Waals surface area contributed by atoms with Crippen LogP contribution in [0.1, 0.15) is 36.8 Å². The van der Waals surface area contributed by atoms with Gasteiger partial charge < -0.3 is 24.8 Å². The van der Waals surface area contributed by atoms with Crippen molar-refractivity contribution < 1.29 is 29.0 Å². The number of rotatable bonds is 6. The predicted molar refractivity (Wildman–Crippen MR) is 128 cm³/mol. The standard InChI is InChI=1S/C27H30N2O6/c1-2-27(25(31)32)11-12-29(16-27)24(30)22-13-34-15-23(22)28-26(33)35-14-21-19-9-5-3-7-17(19)18-8-4-6-10-20(18)21/h3-10,21-23H,2,11-16H2,1H3,(H,28,33)(H,31,32). The van der Waals surface area contributed by atoms with Crippen molar-refractivity contribution in [2.45, 2.75) is 31.7 Å². The maximum atomic E-state index is 13.2. The molecule has 3 aliphatic rings. The summed E-state index contributed by atoms with van der Waals surface area (Å²) in [5, 5.41) is 12.4. The minimum absolute atomic E-state index is 0.0480. The highest BCUT2D eigenvalue weighted by Gasteiger charge is 2.47. The summed E-state index contributed by atoms with van der Waals surface area (Å²) < 4.78 is 11.1. The van der Waals surface area contributed by atoms with E-state index in [9.17, 15) is 19.5 Å². The minimum atomic E-state index is -0.898. The number of alkyl carbamates (subject to hydrolysis) is 1. The Morgan fingerprint density at radius 1 is 1.09 bits per heavy atom. The van der Waals surface area contributed by atoms with Crippen LogP contribution in [0.3, 0.4) is 0 Å². The molecule has 8 nitrogen and oxygen atoms in total. The van der Waals surface area contributed by atoms with E-state index < -0.39 is 29.4 Å². The number of carbonyl (C=O) groups is 3. The molecule has 2 aromatic rings. The molecule has 35 heavy (non-hydrogen) atoms. The van der Waals surface area contributed by atoms with Crippen molar-refractivity contribution in [1.29, 1.82) is 0 Å². The molecule has 8 heteroatoms. The first-order valence-electron chi connectivity index (χ1n) is 12.1. The van der Waals surface area contributed by atoms with Crippen LogP contribution in [0.15, 0.2) is 48.5 Å². The molecule has 2 aromatic carbocycles. The van der Waals surface area contributed by atoms with Crippen LogP contribution in [0.25, 0.3) is 11.1 Å². The van der Waals surface area contributed by atoms with Gasteiger partial charge >= 0.3 is 12.1 Å². The number of aliphatic carboxylic acids is 1. The van der Waals surface area contributed by atoms with Crippen molar-refractivity contribution in [3.05, 3.63) is 59.7 Å². The van der Waals surface area contributed by atoms with Crippen LogP contribution in [0.5, 0.6) is 0 Å². The van der Waals surface area contributed by atoms with Crippen molar-refractivity contribution in [1.82, 2.24) is 10.2 Å². The Labute approximate surface area is 204 Å². The highest BCUT2D eigenvalue weighted by Crippen LogP contribution is 2.44. The van der Waals surface area contributed by atoms with Gasteiger partial charge in [-0.05, 0) is 35.1 Å². The number of amides is 2. The van der Waals surface area contributed by atoms with E-state index in [1.807, 2.05) is 31.2 Å². The van der Waals surface area contributed by atoms with E-state index in [0.29, 0.717) is 19.4 Å². The van der Waals surface area contributed by atoms with Crippen molar-refractivity contribution in [3.63, 3.8) is 0 Å². The van der Waals surface area contributed by atoms with Gasteiger partial charge in [0.1, 0.15) is 6.61 Å². The second-order valence-corrected chi connectivity index (χ2v) is 9.67. The van der Waals surface area contributed by atoms with Gasteiger partial charge in [0.2, 0.25) is 5.91 Å². The van der Waals surface area contributed by atoms with E-state index in [1.165, 1.54) is 0 Å². The summed E-state index contributed by atoms with van der Waals surface area (Å²) in [4.78, 5) is 39.2. The molecular formula is C27H30N2O6. The Morgan fingerprint density at radius 3 is 2.34 bits per heavy atom. The first kappa shape index (κ1) is 23.4. The number of carbonyl (C=O) groups excluding carboxylic acids is 2. The van der Waals surface area contributed by atoms with Gasteiger partial charge in [-0.25, -0.2) is 4.79 Å². The summed E-state index contributed by atoms with van der Waals surface area (Å²) in [7, 11) is 0. The molecule has 184 valence electrons. The first-order valence-corrected chi connectivity index (χ1v) is 12.1. The van der Waals surface area contributed by atoms with Gasteiger partial charge in [-0.3, -0.25) is 9.59 Å². The number of hydrogen-bond donors (Lipinski definition) is 2. The van der Waals surface area contributed by atoms with Gasteiger partial charge in [-0.2, -0.15) is 0 Å². The number of likely N-dealkylation sites (tertiary alicyclic amines) is 1. The average Bonchev–Trinajstić information content (AvgIpc) is 3.59. The zero-order valence-corrected chi connectivity index (χ0v) is 19.7. The van der Waals surface area contributed by atoms with E-state index in [-0.39, 0.29) is 38.2 Å². The average molecular weight is 479 g/mol. The van der Waals surface area contributed by atoms with Crippen LogP contribution in [0, 0.1) is 11.3 Å². The fourth-order valence-corrected chi connectivity index (χ4v) is 5.64. The summed E-state index contributed by atoms with van der Waals surface area (Å²) in [5.41, 5.74) is 3.67. The van der Waals surface area contributed by atoms with Crippen molar-refractivity contribution in [2.75, 3.05) is 32.9 Å². The maximum absolute atomic E-state index is 13.2. The second kappa shape index (κ2) is 9.34. The molecule has 1 aliphatic carbocycles. The molecule has 5 rings (SSSR count). The van der Waals surface area contributed by atoms with Gasteiger partial charge in [0.15, 0.2) is 0 Å². The van der Waals surface area contributed by atoms with E-state index in [2.05, 4.69) is 29.6 Å². The smallest absolute Gasteiger partial charge is 0.407 e. The van der Waals surface area contributed by atoms with Crippen LogP contribution >= 0.6 is 0 Å². The third-order valence-corrected chi connectivity index (χ3v) is 7.84. The second-order valence-electron chi connectivity index (χ2n) is 9.67. The van der Waals surface area contributed by atoms with Gasteiger partial charge in [0.05, 0.1) is 30.6 Å². The zero-order chi connectivity index (χ0) is 24.6. The van der Waals surface area contributed by atoms with Crippen molar-refractivity contribution in [2.24, 2.45) is 11.3 Å². The molecule has 0 aromatic heterocycles. The normalized spacial score (nSPS) is 25.2. The van der Waals surface area contributed by atoms with Gasteiger partial charge in [0, 0.05) is 19.0 Å². The number of ether oxygens (including phenoxy) is 2. The van der Waals surface area contributed by atoms with Crippen LogP contribution in [-0.4, -0.2) is 66.9 Å². The Bertz CT molecular complexity index is 1100. The molecule has 2 heterocycles. The Hall–Kier alpha value is -3.39. The largest absolute Gasteiger partial charge is 0.481 e. The number of carboxylic acids is 1. The fourth-order valence-electron chi connectivity index (χ4n) is 5.64. The lowest BCUT2D eigenvalue weighted by molar-refractivity contribution is -0.149. The van der Waals surface area contributed by atoms with Crippen molar-refractivity contribution >= 4 is 18.0 Å². The Kier molecular flexibility index (Phi) is 6.23. The molecule has 2 saturated heterocycles. The highest BCUT2D eigenvalue weighted by molar-refractivity contribution is 5.84. The molecule has 0 saturated carbocycles. The summed E-state index contributed by atoms with van der Waals surface area (Å²) >= 11 is 0. The van der Waals surface area contributed by atoms with Crippen LogP contribution in [0.2, 0.25) is 0 Å². The van der Waals surface area contributed by atoms with E-state index >= 15 is 0 Å². The monoisotopic (exact) mass is 478 g/mol. The molecule has 2 amide bonds. The number of carboxylic acid groups (broad SMARTS) is 1. The third kappa shape index (κ3) is 4.16. The molecular weight excluding hydrogens is 448 g/mol. The molecule has 2 fully saturated rings. The number of benzene rings is 2. The molecule has 0 spiro atoms. The molecule has 0 radical (unpaired) electrons. The molecule has 3 atom stereocenters. The molecule has 2 N–H and O–H groups in total. The molecule has 2 aliphatic heterocycles. The lowest BCUT2D eigenvalue weighted by Gasteiger charge is -2.26. The topological polar surface area (TPSA) is 105 Å². The lowest BCUT2D eigenvalue weighted by Crippen LogP contribution is -2.48. The molecule has 0 bridgehead atoms. The first-order chi connectivity index (χ1) is 16.9. The van der Waals surface area contributed by atoms with Crippen molar-refractivity contribution in [3.8, 4) is 11.1 Å². The maximum Gasteiger partial charge on any atom is 0.407 e.